The maximum absolute atomic E-state index is 12.9. The van der Waals surface area contributed by atoms with Gasteiger partial charge >= 0.3 is 0 Å². The van der Waals surface area contributed by atoms with Crippen molar-refractivity contribution < 1.29 is 9.59 Å². The van der Waals surface area contributed by atoms with Crippen LogP contribution in [0.2, 0.25) is 0 Å². The Morgan fingerprint density at radius 2 is 1.77 bits per heavy atom. The Balaban J connectivity index is 1.32. The van der Waals surface area contributed by atoms with Gasteiger partial charge < -0.3 is 10.6 Å². The lowest BCUT2D eigenvalue weighted by molar-refractivity contribution is -0.123. The van der Waals surface area contributed by atoms with Crippen LogP contribution in [0.3, 0.4) is 0 Å². The number of amides is 2. The maximum Gasteiger partial charge on any atom is 0.253 e. The number of nitrogens with one attached hydrogen (secondary N) is 2. The molecule has 6 heteroatoms. The molecule has 0 aliphatic heterocycles. The highest BCUT2D eigenvalue weighted by Crippen LogP contribution is 2.61. The van der Waals surface area contributed by atoms with Crippen LogP contribution in [0.25, 0.3) is 0 Å². The summed E-state index contributed by atoms with van der Waals surface area (Å²) in [5.41, 5.74) is 1.03. The Labute approximate surface area is 192 Å². The third kappa shape index (κ3) is 5.07. The molecule has 1 aromatic carbocycles. The number of hydrogen-bond acceptors (Lipinski definition) is 3. The SMILES string of the molecule is CSCCC(NC(=O)c1ccccc1Br)C(=O)NCCC12CC3CC(CC(C3)C1)C2. The predicted octanol–water partition coefficient (Wildman–Crippen LogP) is 5.02. The van der Waals surface area contributed by atoms with Crippen LogP contribution in [0.1, 0.15) is 61.7 Å². The molecule has 4 bridgehead atoms. The lowest BCUT2D eigenvalue weighted by atomic mass is 9.49. The van der Waals surface area contributed by atoms with Gasteiger partial charge in [-0.2, -0.15) is 11.8 Å². The highest BCUT2D eigenvalue weighted by Gasteiger charge is 2.50. The third-order valence-corrected chi connectivity index (χ3v) is 8.81. The van der Waals surface area contributed by atoms with Crippen molar-refractivity contribution in [2.24, 2.45) is 23.2 Å². The van der Waals surface area contributed by atoms with Crippen molar-refractivity contribution in [2.75, 3.05) is 18.6 Å². The molecule has 0 radical (unpaired) electrons. The molecule has 5 rings (SSSR count). The van der Waals surface area contributed by atoms with Gasteiger partial charge in [0.2, 0.25) is 5.91 Å². The Hall–Kier alpha value is -1.01. The second-order valence-electron chi connectivity index (χ2n) is 9.75. The monoisotopic (exact) mass is 492 g/mol. The van der Waals surface area contributed by atoms with Gasteiger partial charge in [-0.05, 0) is 115 Å². The molecule has 4 fully saturated rings. The summed E-state index contributed by atoms with van der Waals surface area (Å²) < 4.78 is 0.744. The van der Waals surface area contributed by atoms with E-state index in [1.807, 2.05) is 24.5 Å². The molecule has 4 aliphatic rings. The van der Waals surface area contributed by atoms with Gasteiger partial charge in [-0.3, -0.25) is 9.59 Å². The molecule has 2 N–H and O–H groups in total. The van der Waals surface area contributed by atoms with Gasteiger partial charge in [0.15, 0.2) is 0 Å². The molecule has 4 saturated carbocycles. The predicted molar refractivity (Wildman–Crippen MR) is 127 cm³/mol. The minimum atomic E-state index is -0.492. The van der Waals surface area contributed by atoms with Gasteiger partial charge in [0.1, 0.15) is 6.04 Å². The number of hydrogen-bond donors (Lipinski definition) is 2. The van der Waals surface area contributed by atoms with Crippen molar-refractivity contribution in [1.29, 1.82) is 0 Å². The molecule has 1 unspecified atom stereocenters. The Morgan fingerprint density at radius 3 is 2.37 bits per heavy atom. The summed E-state index contributed by atoms with van der Waals surface area (Å²) in [6, 6.07) is 6.84. The quantitative estimate of drug-likeness (QED) is 0.508. The van der Waals surface area contributed by atoms with Crippen molar-refractivity contribution in [2.45, 2.75) is 57.4 Å². The lowest BCUT2D eigenvalue weighted by Crippen LogP contribution is -2.50. The zero-order valence-electron chi connectivity index (χ0n) is 17.8. The molecule has 30 heavy (non-hydrogen) atoms. The van der Waals surface area contributed by atoms with Gasteiger partial charge in [-0.15, -0.1) is 0 Å². The smallest absolute Gasteiger partial charge is 0.253 e. The minimum absolute atomic E-state index is 0.0471. The van der Waals surface area contributed by atoms with Crippen molar-refractivity contribution in [3.63, 3.8) is 0 Å². The minimum Gasteiger partial charge on any atom is -0.354 e. The van der Waals surface area contributed by atoms with Crippen LogP contribution in [-0.2, 0) is 4.79 Å². The summed E-state index contributed by atoms with van der Waals surface area (Å²) in [6.45, 7) is 0.728. The van der Waals surface area contributed by atoms with Crippen LogP contribution in [0.5, 0.6) is 0 Å². The van der Waals surface area contributed by atoms with Crippen LogP contribution in [0.4, 0.5) is 0 Å². The van der Waals surface area contributed by atoms with E-state index in [4.69, 9.17) is 0 Å². The average molecular weight is 494 g/mol. The highest BCUT2D eigenvalue weighted by molar-refractivity contribution is 9.10. The molecule has 0 saturated heterocycles. The van der Waals surface area contributed by atoms with Gasteiger partial charge in [0.25, 0.3) is 5.91 Å². The van der Waals surface area contributed by atoms with E-state index >= 15 is 0 Å². The Morgan fingerprint density at radius 1 is 1.13 bits per heavy atom. The summed E-state index contributed by atoms with van der Waals surface area (Å²) in [5.74, 6) is 3.39. The van der Waals surface area contributed by atoms with Gasteiger partial charge in [0.05, 0.1) is 5.56 Å². The molecular weight excluding hydrogens is 460 g/mol. The van der Waals surface area contributed by atoms with E-state index in [1.165, 1.54) is 38.5 Å². The molecule has 0 aromatic heterocycles. The molecule has 2 amide bonds. The fraction of sp³-hybridized carbons (Fsp3) is 0.667. The second kappa shape index (κ2) is 9.64. The number of benzene rings is 1. The Bertz CT molecular complexity index is 749. The normalized spacial score (nSPS) is 30.1. The van der Waals surface area contributed by atoms with E-state index < -0.39 is 6.04 Å². The molecule has 0 spiro atoms. The molecule has 1 aromatic rings. The summed E-state index contributed by atoms with van der Waals surface area (Å²) in [6.07, 6.45) is 12.2. The number of halogens is 1. The molecule has 0 heterocycles. The van der Waals surface area contributed by atoms with E-state index in [0.29, 0.717) is 17.4 Å². The molecule has 1 atom stereocenters. The number of rotatable bonds is 9. The molecule has 164 valence electrons. The first kappa shape index (κ1) is 22.2. The average Bonchev–Trinajstić information content (AvgIpc) is 2.70. The lowest BCUT2D eigenvalue weighted by Gasteiger charge is -2.57. The summed E-state index contributed by atoms with van der Waals surface area (Å²) in [5, 5.41) is 6.12. The van der Waals surface area contributed by atoms with Crippen LogP contribution >= 0.6 is 27.7 Å². The maximum atomic E-state index is 12.9. The second-order valence-corrected chi connectivity index (χ2v) is 11.6. The molecule has 4 nitrogen and oxygen atoms in total. The highest BCUT2D eigenvalue weighted by atomic mass is 79.9. The fourth-order valence-corrected chi connectivity index (χ4v) is 7.49. The van der Waals surface area contributed by atoms with Gasteiger partial charge in [-0.25, -0.2) is 0 Å². The number of carbonyl (C=O) groups is 2. The first-order valence-electron chi connectivity index (χ1n) is 11.3. The van der Waals surface area contributed by atoms with E-state index in [-0.39, 0.29) is 11.8 Å². The van der Waals surface area contributed by atoms with Crippen LogP contribution in [0, 0.1) is 23.2 Å². The van der Waals surface area contributed by atoms with E-state index in [2.05, 4.69) is 26.6 Å². The van der Waals surface area contributed by atoms with Crippen molar-refractivity contribution in [3.05, 3.63) is 34.3 Å². The summed E-state index contributed by atoms with van der Waals surface area (Å²) in [7, 11) is 0. The van der Waals surface area contributed by atoms with E-state index in [0.717, 1.165) is 40.9 Å². The van der Waals surface area contributed by atoms with Crippen LogP contribution < -0.4 is 10.6 Å². The first-order valence-corrected chi connectivity index (χ1v) is 13.5. The fourth-order valence-electron chi connectivity index (χ4n) is 6.56. The number of thioether (sulfide) groups is 1. The zero-order valence-corrected chi connectivity index (χ0v) is 20.2. The van der Waals surface area contributed by atoms with Crippen LogP contribution in [0.15, 0.2) is 28.7 Å². The largest absolute Gasteiger partial charge is 0.354 e. The van der Waals surface area contributed by atoms with Crippen molar-refractivity contribution >= 4 is 39.5 Å². The van der Waals surface area contributed by atoms with E-state index in [9.17, 15) is 9.59 Å². The number of carbonyl (C=O) groups excluding carboxylic acids is 2. The standard InChI is InChI=1S/C24H33BrN2O2S/c1-30-9-6-21(27-22(28)19-4-2-3-5-20(19)25)23(29)26-8-7-24-13-16-10-17(14-24)12-18(11-16)15-24/h2-5,16-18,21H,6-15H2,1H3,(H,26,29)(H,27,28). The van der Waals surface area contributed by atoms with Crippen LogP contribution in [-0.4, -0.2) is 36.4 Å². The topological polar surface area (TPSA) is 58.2 Å². The third-order valence-electron chi connectivity index (χ3n) is 7.47. The first-order chi connectivity index (χ1) is 14.5. The van der Waals surface area contributed by atoms with Crippen molar-refractivity contribution in [3.8, 4) is 0 Å². The molecule has 4 aliphatic carbocycles. The van der Waals surface area contributed by atoms with Crippen molar-refractivity contribution in [1.82, 2.24) is 10.6 Å². The molecular formula is C24H33BrN2O2S. The van der Waals surface area contributed by atoms with Gasteiger partial charge in [-0.1, -0.05) is 12.1 Å². The summed E-state index contributed by atoms with van der Waals surface area (Å²) in [4.78, 5) is 25.7. The Kier molecular flexibility index (Phi) is 7.13. The van der Waals surface area contributed by atoms with E-state index in [1.54, 1.807) is 17.8 Å². The summed E-state index contributed by atoms with van der Waals surface area (Å²) >= 11 is 5.12. The van der Waals surface area contributed by atoms with Gasteiger partial charge in [0, 0.05) is 11.0 Å². The zero-order chi connectivity index (χ0) is 21.1.